The van der Waals surface area contributed by atoms with E-state index in [1.807, 2.05) is 42.8 Å². The Hall–Kier alpha value is -2.64. The van der Waals surface area contributed by atoms with Gasteiger partial charge in [-0.2, -0.15) is 0 Å². The molecule has 1 aromatic carbocycles. The first-order valence-corrected chi connectivity index (χ1v) is 10.4. The second-order valence-corrected chi connectivity index (χ2v) is 7.54. The Bertz CT molecular complexity index is 1030. The zero-order valence-electron chi connectivity index (χ0n) is 15.9. The number of thioether (sulfide) groups is 1. The van der Waals surface area contributed by atoms with E-state index in [2.05, 4.69) is 25.9 Å². The van der Waals surface area contributed by atoms with Crippen molar-refractivity contribution in [3.05, 3.63) is 69.8 Å². The van der Waals surface area contributed by atoms with E-state index in [0.29, 0.717) is 11.7 Å². The molecule has 7 heteroatoms. The maximum atomic E-state index is 12.3. The second kappa shape index (κ2) is 8.16. The van der Waals surface area contributed by atoms with Crippen molar-refractivity contribution >= 4 is 11.8 Å². The summed E-state index contributed by atoms with van der Waals surface area (Å²) in [5, 5.41) is 0.689. The van der Waals surface area contributed by atoms with Crippen LogP contribution in [0.2, 0.25) is 0 Å². The van der Waals surface area contributed by atoms with Gasteiger partial charge in [-0.25, -0.2) is 4.98 Å². The minimum atomic E-state index is -0.0226. The third kappa shape index (κ3) is 3.95. The largest absolute Gasteiger partial charge is 0.497 e. The summed E-state index contributed by atoms with van der Waals surface area (Å²) in [6.07, 6.45) is 4.62. The van der Waals surface area contributed by atoms with Gasteiger partial charge in [-0.1, -0.05) is 30.0 Å². The predicted molar refractivity (Wildman–Crippen MR) is 111 cm³/mol. The number of rotatable bonds is 5. The number of aromatic amines is 1. The highest BCUT2D eigenvalue weighted by atomic mass is 32.2. The normalized spacial score (nSPS) is 13.9. The van der Waals surface area contributed by atoms with Gasteiger partial charge in [-0.05, 0) is 30.0 Å². The number of ether oxygens (including phenoxy) is 1. The molecule has 3 aromatic rings. The first kappa shape index (κ1) is 18.7. The van der Waals surface area contributed by atoms with Gasteiger partial charge in [0.2, 0.25) is 0 Å². The highest BCUT2D eigenvalue weighted by Crippen LogP contribution is 2.23. The van der Waals surface area contributed by atoms with Crippen LogP contribution in [0.3, 0.4) is 0 Å². The molecule has 1 aliphatic rings. The van der Waals surface area contributed by atoms with Crippen molar-refractivity contribution in [2.45, 2.75) is 24.7 Å². The quantitative estimate of drug-likeness (QED) is 0.530. The summed E-state index contributed by atoms with van der Waals surface area (Å²) < 4.78 is 5.28. The molecule has 0 atom stereocenters. The van der Waals surface area contributed by atoms with Crippen LogP contribution in [0.1, 0.15) is 16.8 Å². The SMILES string of the molecule is COc1cccc(-c2ccc(CN3CCc4nc(SC)[nH]c(=O)c4C3)cn2)c1. The third-order valence-corrected chi connectivity index (χ3v) is 5.50. The van der Waals surface area contributed by atoms with E-state index in [-0.39, 0.29) is 5.56 Å². The molecule has 0 saturated carbocycles. The first-order chi connectivity index (χ1) is 13.7. The fraction of sp³-hybridized carbons (Fsp3) is 0.286. The number of hydrogen-bond acceptors (Lipinski definition) is 6. The van der Waals surface area contributed by atoms with Gasteiger partial charge < -0.3 is 9.72 Å². The molecule has 0 radical (unpaired) electrons. The molecule has 6 nitrogen and oxygen atoms in total. The molecule has 0 bridgehead atoms. The molecule has 0 unspecified atom stereocenters. The minimum absolute atomic E-state index is 0.0226. The molecular weight excluding hydrogens is 372 g/mol. The molecule has 0 amide bonds. The lowest BCUT2D eigenvalue weighted by atomic mass is 10.1. The van der Waals surface area contributed by atoms with Gasteiger partial charge in [-0.3, -0.25) is 14.7 Å². The van der Waals surface area contributed by atoms with Crippen LogP contribution in [0.15, 0.2) is 52.5 Å². The lowest BCUT2D eigenvalue weighted by Crippen LogP contribution is -2.35. The smallest absolute Gasteiger partial charge is 0.256 e. The Labute approximate surface area is 168 Å². The van der Waals surface area contributed by atoms with Gasteiger partial charge in [0.1, 0.15) is 5.75 Å². The van der Waals surface area contributed by atoms with E-state index in [1.54, 1.807) is 7.11 Å². The lowest BCUT2D eigenvalue weighted by Gasteiger charge is -2.27. The molecule has 3 heterocycles. The summed E-state index contributed by atoms with van der Waals surface area (Å²) in [6, 6.07) is 12.0. The van der Waals surface area contributed by atoms with Crippen LogP contribution in [0.25, 0.3) is 11.3 Å². The van der Waals surface area contributed by atoms with E-state index in [4.69, 9.17) is 4.74 Å². The fourth-order valence-electron chi connectivity index (χ4n) is 3.42. The van der Waals surface area contributed by atoms with Gasteiger partial charge in [-0.15, -0.1) is 0 Å². The van der Waals surface area contributed by atoms with Crippen molar-refractivity contribution < 1.29 is 4.74 Å². The van der Waals surface area contributed by atoms with Gasteiger partial charge >= 0.3 is 0 Å². The summed E-state index contributed by atoms with van der Waals surface area (Å²) in [4.78, 5) is 26.6. The van der Waals surface area contributed by atoms with Crippen molar-refractivity contribution in [2.24, 2.45) is 0 Å². The van der Waals surface area contributed by atoms with Crippen molar-refractivity contribution in [2.75, 3.05) is 19.9 Å². The Morgan fingerprint density at radius 2 is 2.18 bits per heavy atom. The summed E-state index contributed by atoms with van der Waals surface area (Å²) >= 11 is 1.46. The van der Waals surface area contributed by atoms with Crippen LogP contribution in [-0.4, -0.2) is 39.8 Å². The number of methoxy groups -OCH3 is 1. The van der Waals surface area contributed by atoms with E-state index in [1.165, 1.54) is 11.8 Å². The van der Waals surface area contributed by atoms with Crippen molar-refractivity contribution in [3.8, 4) is 17.0 Å². The molecule has 1 aliphatic heterocycles. The van der Waals surface area contributed by atoms with E-state index >= 15 is 0 Å². The fourth-order valence-corrected chi connectivity index (χ4v) is 3.82. The Kier molecular flexibility index (Phi) is 5.45. The molecule has 0 spiro atoms. The molecule has 0 saturated heterocycles. The Morgan fingerprint density at radius 1 is 1.29 bits per heavy atom. The number of aromatic nitrogens is 3. The number of hydrogen-bond donors (Lipinski definition) is 1. The number of pyridine rings is 1. The first-order valence-electron chi connectivity index (χ1n) is 9.14. The average Bonchev–Trinajstić information content (AvgIpc) is 2.74. The van der Waals surface area contributed by atoms with Gasteiger partial charge in [0.15, 0.2) is 5.16 Å². The molecule has 2 aromatic heterocycles. The van der Waals surface area contributed by atoms with Gasteiger partial charge in [0.05, 0.1) is 24.1 Å². The molecule has 144 valence electrons. The lowest BCUT2D eigenvalue weighted by molar-refractivity contribution is 0.240. The van der Waals surface area contributed by atoms with Crippen LogP contribution < -0.4 is 10.3 Å². The monoisotopic (exact) mass is 394 g/mol. The molecule has 1 N–H and O–H groups in total. The number of nitrogens with zero attached hydrogens (tertiary/aromatic N) is 3. The van der Waals surface area contributed by atoms with Gasteiger partial charge in [0.25, 0.3) is 5.56 Å². The zero-order chi connectivity index (χ0) is 19.5. The van der Waals surface area contributed by atoms with Crippen LogP contribution >= 0.6 is 11.8 Å². The molecule has 0 aliphatic carbocycles. The molecule has 28 heavy (non-hydrogen) atoms. The number of benzene rings is 1. The van der Waals surface area contributed by atoms with E-state index in [0.717, 1.165) is 53.3 Å². The number of H-pyrrole nitrogens is 1. The Morgan fingerprint density at radius 3 is 2.93 bits per heavy atom. The number of fused-ring (bicyclic) bond motifs is 1. The third-order valence-electron chi connectivity index (χ3n) is 4.92. The van der Waals surface area contributed by atoms with Crippen molar-refractivity contribution in [1.82, 2.24) is 19.9 Å². The van der Waals surface area contributed by atoms with Crippen molar-refractivity contribution in [3.63, 3.8) is 0 Å². The molecule has 0 fully saturated rings. The maximum absolute atomic E-state index is 12.3. The standard InChI is InChI=1S/C21H22N4O2S/c1-27-16-5-3-4-15(10-16)18-7-6-14(11-22-18)12-25-9-8-19-17(13-25)20(26)24-21(23-19)28-2/h3-7,10-11H,8-9,12-13H2,1-2H3,(H,23,24,26). The predicted octanol–water partition coefficient (Wildman–Crippen LogP) is 3.12. The summed E-state index contributed by atoms with van der Waals surface area (Å²) in [5.41, 5.74) is 4.75. The van der Waals surface area contributed by atoms with E-state index < -0.39 is 0 Å². The summed E-state index contributed by atoms with van der Waals surface area (Å²) in [5.74, 6) is 0.818. The van der Waals surface area contributed by atoms with Crippen molar-refractivity contribution in [1.29, 1.82) is 0 Å². The highest BCUT2D eigenvalue weighted by Gasteiger charge is 2.21. The van der Waals surface area contributed by atoms with E-state index in [9.17, 15) is 4.79 Å². The zero-order valence-corrected chi connectivity index (χ0v) is 16.8. The van der Waals surface area contributed by atoms with Gasteiger partial charge in [0, 0.05) is 37.8 Å². The summed E-state index contributed by atoms with van der Waals surface area (Å²) in [7, 11) is 1.66. The van der Waals surface area contributed by atoms with Crippen LogP contribution in [0, 0.1) is 0 Å². The topological polar surface area (TPSA) is 71.1 Å². The van der Waals surface area contributed by atoms with Crippen LogP contribution in [0.4, 0.5) is 0 Å². The minimum Gasteiger partial charge on any atom is -0.497 e. The Balaban J connectivity index is 1.47. The number of nitrogens with one attached hydrogen (secondary N) is 1. The van der Waals surface area contributed by atoms with Crippen LogP contribution in [-0.2, 0) is 19.5 Å². The van der Waals surface area contributed by atoms with Crippen LogP contribution in [0.5, 0.6) is 5.75 Å². The average molecular weight is 395 g/mol. The second-order valence-electron chi connectivity index (χ2n) is 6.74. The maximum Gasteiger partial charge on any atom is 0.256 e. The molecule has 4 rings (SSSR count). The summed E-state index contributed by atoms with van der Waals surface area (Å²) in [6.45, 7) is 2.26. The molecular formula is C21H22N4O2S. The highest BCUT2D eigenvalue weighted by molar-refractivity contribution is 7.98.